The molecule has 0 saturated heterocycles. The molecule has 12 heteroatoms. The molecule has 38 heavy (non-hydrogen) atoms. The van der Waals surface area contributed by atoms with E-state index in [2.05, 4.69) is 23.5 Å². The maximum absolute atomic E-state index is 14.1. The molecule has 3 amide bonds. The number of methoxy groups -OCH3 is 1. The van der Waals surface area contributed by atoms with E-state index in [0.29, 0.717) is 41.0 Å². The fourth-order valence-electron chi connectivity index (χ4n) is 3.94. The smallest absolute Gasteiger partial charge is 0.273 e. The van der Waals surface area contributed by atoms with Gasteiger partial charge in [0.05, 0.1) is 12.8 Å². The summed E-state index contributed by atoms with van der Waals surface area (Å²) in [6.07, 6.45) is 0.753. The van der Waals surface area contributed by atoms with Gasteiger partial charge < -0.3 is 31.0 Å². The van der Waals surface area contributed by atoms with E-state index in [4.69, 9.17) is 25.7 Å². The molecule has 0 radical (unpaired) electrons. The van der Waals surface area contributed by atoms with Crippen LogP contribution in [0.4, 0.5) is 11.4 Å². The highest BCUT2D eigenvalue weighted by Crippen LogP contribution is 2.40. The van der Waals surface area contributed by atoms with Gasteiger partial charge in [0, 0.05) is 18.3 Å². The molecule has 1 unspecified atom stereocenters. The lowest BCUT2D eigenvalue weighted by molar-refractivity contribution is -0.122. The Labute approximate surface area is 223 Å². The van der Waals surface area contributed by atoms with Crippen LogP contribution in [-0.2, 0) is 4.79 Å². The Kier molecular flexibility index (Phi) is 8.01. The number of carbonyl (C=O) groups is 3. The molecule has 0 spiro atoms. The van der Waals surface area contributed by atoms with Gasteiger partial charge in [-0.05, 0) is 53.7 Å². The van der Waals surface area contributed by atoms with E-state index in [-0.39, 0.29) is 23.1 Å². The van der Waals surface area contributed by atoms with Crippen LogP contribution in [0.2, 0.25) is 0 Å². The van der Waals surface area contributed by atoms with Crippen LogP contribution in [0, 0.1) is 5.92 Å². The van der Waals surface area contributed by atoms with Crippen LogP contribution in [0.3, 0.4) is 0 Å². The molecule has 0 bridgehead atoms. The van der Waals surface area contributed by atoms with E-state index in [1.807, 2.05) is 0 Å². The number of amides is 3. The van der Waals surface area contributed by atoms with Gasteiger partial charge in [-0.2, -0.15) is 4.37 Å². The summed E-state index contributed by atoms with van der Waals surface area (Å²) < 4.78 is 20.2. The molecule has 1 aromatic heterocycles. The standard InChI is InChI=1S/C26H29N5O6S/c1-14(2)10-11-29-25(33)22(15-4-7-17(35-3)8-5-15)31(16-6-9-18-19(12-16)37-13-36-18)26(34)23-20(27)21(24(28)32)30-38-23/h4-9,12,14,22H,10-11,13,27H2,1-3H3,(H2,28,32)(H,29,33). The number of benzene rings is 2. The topological polar surface area (TPSA) is 159 Å². The Bertz CT molecular complexity index is 1340. The fraction of sp³-hybridized carbons (Fsp3) is 0.308. The van der Waals surface area contributed by atoms with Gasteiger partial charge in [0.2, 0.25) is 12.7 Å². The number of hydrogen-bond donors (Lipinski definition) is 3. The second kappa shape index (κ2) is 11.4. The molecular weight excluding hydrogens is 510 g/mol. The summed E-state index contributed by atoms with van der Waals surface area (Å²) in [6.45, 7) is 4.56. The normalized spacial score (nSPS) is 12.7. The zero-order valence-electron chi connectivity index (χ0n) is 21.2. The van der Waals surface area contributed by atoms with E-state index in [1.165, 1.54) is 12.0 Å². The highest BCUT2D eigenvalue weighted by molar-refractivity contribution is 7.09. The van der Waals surface area contributed by atoms with Gasteiger partial charge in [0.25, 0.3) is 11.8 Å². The van der Waals surface area contributed by atoms with Crippen LogP contribution in [0.25, 0.3) is 0 Å². The molecule has 2 heterocycles. The predicted octanol–water partition coefficient (Wildman–Crippen LogP) is 3.11. The summed E-state index contributed by atoms with van der Waals surface area (Å²) in [5.74, 6) is -0.00485. The third-order valence-corrected chi connectivity index (χ3v) is 6.82. The second-order valence-electron chi connectivity index (χ2n) is 9.00. The Morgan fingerprint density at radius 1 is 1.13 bits per heavy atom. The van der Waals surface area contributed by atoms with Gasteiger partial charge in [-0.25, -0.2) is 0 Å². The van der Waals surface area contributed by atoms with Crippen LogP contribution in [0.15, 0.2) is 42.5 Å². The lowest BCUT2D eigenvalue weighted by atomic mass is 10.0. The molecule has 3 aromatic rings. The zero-order valence-corrected chi connectivity index (χ0v) is 22.0. The number of nitrogens with two attached hydrogens (primary N) is 2. The largest absolute Gasteiger partial charge is 0.497 e. The predicted molar refractivity (Wildman–Crippen MR) is 143 cm³/mol. The summed E-state index contributed by atoms with van der Waals surface area (Å²) >= 11 is 0.739. The first kappa shape index (κ1) is 26.7. The Morgan fingerprint density at radius 2 is 1.84 bits per heavy atom. The quantitative estimate of drug-likeness (QED) is 0.354. The SMILES string of the molecule is COc1ccc(C(C(=O)NCCC(C)C)N(C(=O)c2snc(C(N)=O)c2N)c2ccc3c(c2)OCO3)cc1. The number of aromatic nitrogens is 1. The number of nitrogens with one attached hydrogen (secondary N) is 1. The molecule has 2 aromatic carbocycles. The third kappa shape index (κ3) is 5.49. The van der Waals surface area contributed by atoms with Gasteiger partial charge >= 0.3 is 0 Å². The molecule has 1 aliphatic rings. The van der Waals surface area contributed by atoms with E-state index in [9.17, 15) is 14.4 Å². The van der Waals surface area contributed by atoms with Gasteiger partial charge in [0.15, 0.2) is 17.2 Å². The third-order valence-electron chi connectivity index (χ3n) is 5.97. The summed E-state index contributed by atoms with van der Waals surface area (Å²) in [4.78, 5) is 40.9. The highest BCUT2D eigenvalue weighted by atomic mass is 32.1. The van der Waals surface area contributed by atoms with E-state index >= 15 is 0 Å². The lowest BCUT2D eigenvalue weighted by Crippen LogP contribution is -2.44. The van der Waals surface area contributed by atoms with Crippen molar-refractivity contribution in [1.82, 2.24) is 9.69 Å². The van der Waals surface area contributed by atoms with Gasteiger partial charge in [-0.3, -0.25) is 19.3 Å². The van der Waals surface area contributed by atoms with Crippen molar-refractivity contribution in [3.63, 3.8) is 0 Å². The van der Waals surface area contributed by atoms with Crippen LogP contribution < -0.4 is 35.9 Å². The van der Waals surface area contributed by atoms with Gasteiger partial charge in [-0.1, -0.05) is 26.0 Å². The molecule has 11 nitrogen and oxygen atoms in total. The van der Waals surface area contributed by atoms with Crippen molar-refractivity contribution in [2.45, 2.75) is 26.3 Å². The van der Waals surface area contributed by atoms with Crippen molar-refractivity contribution in [2.75, 3.05) is 31.1 Å². The van der Waals surface area contributed by atoms with Crippen molar-refractivity contribution in [3.8, 4) is 17.2 Å². The molecule has 4 rings (SSSR count). The number of nitrogen functional groups attached to an aromatic ring is 1. The highest BCUT2D eigenvalue weighted by Gasteiger charge is 2.36. The van der Waals surface area contributed by atoms with Crippen LogP contribution >= 0.6 is 11.5 Å². The molecular formula is C26H29N5O6S. The number of rotatable bonds is 10. The van der Waals surface area contributed by atoms with E-state index in [1.54, 1.807) is 42.5 Å². The number of carbonyl (C=O) groups excluding carboxylic acids is 3. The summed E-state index contributed by atoms with van der Waals surface area (Å²) in [7, 11) is 1.54. The number of anilines is 2. The Hall–Kier alpha value is -4.32. The van der Waals surface area contributed by atoms with Crippen molar-refractivity contribution >= 4 is 40.6 Å². The van der Waals surface area contributed by atoms with Gasteiger partial charge in [-0.15, -0.1) is 0 Å². The molecule has 5 N–H and O–H groups in total. The van der Waals surface area contributed by atoms with Crippen LogP contribution in [0.5, 0.6) is 17.2 Å². The minimum Gasteiger partial charge on any atom is -0.497 e. The average Bonchev–Trinajstić information content (AvgIpc) is 3.52. The van der Waals surface area contributed by atoms with Crippen molar-refractivity contribution < 1.29 is 28.6 Å². The zero-order chi connectivity index (χ0) is 27.4. The molecule has 1 atom stereocenters. The fourth-order valence-corrected chi connectivity index (χ4v) is 4.68. The van der Waals surface area contributed by atoms with Crippen molar-refractivity contribution in [3.05, 3.63) is 58.6 Å². The monoisotopic (exact) mass is 539 g/mol. The van der Waals surface area contributed by atoms with E-state index < -0.39 is 23.8 Å². The number of nitrogens with zero attached hydrogens (tertiary/aromatic N) is 2. The first-order chi connectivity index (χ1) is 18.2. The maximum Gasteiger partial charge on any atom is 0.273 e. The number of ether oxygens (including phenoxy) is 3. The minimum absolute atomic E-state index is 0.0232. The first-order valence-electron chi connectivity index (χ1n) is 11.9. The number of fused-ring (bicyclic) bond motifs is 1. The molecule has 0 aliphatic carbocycles. The maximum atomic E-state index is 14.1. The number of primary amides is 1. The Balaban J connectivity index is 1.85. The second-order valence-corrected chi connectivity index (χ2v) is 9.77. The van der Waals surface area contributed by atoms with E-state index in [0.717, 1.165) is 18.0 Å². The lowest BCUT2D eigenvalue weighted by Gasteiger charge is -2.31. The summed E-state index contributed by atoms with van der Waals surface area (Å²) in [6, 6.07) is 10.6. The molecule has 1 aliphatic heterocycles. The first-order valence-corrected chi connectivity index (χ1v) is 12.7. The van der Waals surface area contributed by atoms with Crippen LogP contribution in [0.1, 0.15) is 52.0 Å². The molecule has 0 saturated carbocycles. The molecule has 200 valence electrons. The van der Waals surface area contributed by atoms with Crippen molar-refractivity contribution in [1.29, 1.82) is 0 Å². The van der Waals surface area contributed by atoms with Crippen LogP contribution in [-0.4, -0.2) is 42.5 Å². The number of hydrogen-bond acceptors (Lipinski definition) is 9. The minimum atomic E-state index is -1.11. The summed E-state index contributed by atoms with van der Waals surface area (Å²) in [5.41, 5.74) is 12.0. The Morgan fingerprint density at radius 3 is 2.47 bits per heavy atom. The summed E-state index contributed by atoms with van der Waals surface area (Å²) in [5, 5.41) is 2.95. The van der Waals surface area contributed by atoms with Gasteiger partial charge in [0.1, 0.15) is 16.7 Å². The van der Waals surface area contributed by atoms with Crippen molar-refractivity contribution in [2.24, 2.45) is 11.7 Å². The molecule has 0 fully saturated rings. The average molecular weight is 540 g/mol.